The molecule has 0 aliphatic heterocycles. The predicted molar refractivity (Wildman–Crippen MR) is 128 cm³/mol. The van der Waals surface area contributed by atoms with Crippen molar-refractivity contribution >= 4 is 8.32 Å². The highest BCUT2D eigenvalue weighted by molar-refractivity contribution is 6.74. The standard InChI is InChI=1S/C25H33FN4OSi/c1-15-13-17(24-27-29-30(6)28-24)14-16(2)22(15)18-9-11-20(26)23-19(18)10-12-21(23)31-32(7,8)25(3,4)5/h9,11,13-14,21H,10,12H2,1-8H3/t21-/m0/s1. The Morgan fingerprint density at radius 2 is 1.78 bits per heavy atom. The van der Waals surface area contributed by atoms with Gasteiger partial charge in [0.2, 0.25) is 5.82 Å². The molecule has 1 aliphatic carbocycles. The van der Waals surface area contributed by atoms with Gasteiger partial charge in [0.1, 0.15) is 5.82 Å². The minimum Gasteiger partial charge on any atom is -0.410 e. The summed E-state index contributed by atoms with van der Waals surface area (Å²) in [5, 5.41) is 12.5. The van der Waals surface area contributed by atoms with Gasteiger partial charge in [0.25, 0.3) is 0 Å². The molecule has 0 amide bonds. The lowest BCUT2D eigenvalue weighted by Crippen LogP contribution is -2.41. The third kappa shape index (κ3) is 3.92. The zero-order valence-electron chi connectivity index (χ0n) is 20.4. The maximum Gasteiger partial charge on any atom is 0.204 e. The van der Waals surface area contributed by atoms with Gasteiger partial charge in [-0.25, -0.2) is 4.39 Å². The molecule has 0 saturated heterocycles. The van der Waals surface area contributed by atoms with Gasteiger partial charge in [-0.1, -0.05) is 26.8 Å². The normalized spacial score (nSPS) is 16.5. The first-order valence-electron chi connectivity index (χ1n) is 11.2. The van der Waals surface area contributed by atoms with Gasteiger partial charge in [-0.2, -0.15) is 4.80 Å². The lowest BCUT2D eigenvalue weighted by atomic mass is 9.89. The fourth-order valence-electron chi connectivity index (χ4n) is 4.47. The number of hydrogen-bond donors (Lipinski definition) is 0. The molecular weight excluding hydrogens is 419 g/mol. The van der Waals surface area contributed by atoms with Crippen LogP contribution in [0, 0.1) is 19.7 Å². The SMILES string of the molecule is Cc1cc(-c2nnn(C)n2)cc(C)c1-c1ccc(F)c2c1CC[C@@H]2O[Si](C)(C)C(C)(C)C. The van der Waals surface area contributed by atoms with E-state index in [1.807, 2.05) is 6.07 Å². The van der Waals surface area contributed by atoms with Crippen LogP contribution in [0.5, 0.6) is 0 Å². The third-order valence-electron chi connectivity index (χ3n) is 7.09. The molecule has 0 radical (unpaired) electrons. The molecule has 0 N–H and O–H groups in total. The van der Waals surface area contributed by atoms with Crippen LogP contribution in [0.3, 0.4) is 0 Å². The van der Waals surface area contributed by atoms with E-state index in [1.165, 1.54) is 4.80 Å². The third-order valence-corrected chi connectivity index (χ3v) is 11.6. The molecule has 3 aromatic rings. The van der Waals surface area contributed by atoms with Crippen molar-refractivity contribution in [1.29, 1.82) is 0 Å². The van der Waals surface area contributed by atoms with E-state index in [2.05, 4.69) is 75.3 Å². The van der Waals surface area contributed by atoms with Crippen LogP contribution < -0.4 is 0 Å². The second kappa shape index (κ2) is 7.88. The quantitative estimate of drug-likeness (QED) is 0.435. The smallest absolute Gasteiger partial charge is 0.204 e. The van der Waals surface area contributed by atoms with Crippen molar-refractivity contribution in [2.75, 3.05) is 0 Å². The summed E-state index contributed by atoms with van der Waals surface area (Å²) in [4.78, 5) is 1.46. The second-order valence-corrected chi connectivity index (χ2v) is 15.2. The van der Waals surface area contributed by atoms with E-state index in [9.17, 15) is 0 Å². The number of benzene rings is 2. The number of aryl methyl sites for hydroxylation is 3. The number of hydrogen-bond acceptors (Lipinski definition) is 4. The van der Waals surface area contributed by atoms with Gasteiger partial charge in [0, 0.05) is 11.1 Å². The van der Waals surface area contributed by atoms with Crippen molar-refractivity contribution in [2.45, 2.75) is 71.7 Å². The first-order valence-corrected chi connectivity index (χ1v) is 14.1. The summed E-state index contributed by atoms with van der Waals surface area (Å²) in [5.74, 6) is 0.457. The maximum atomic E-state index is 15.1. The predicted octanol–water partition coefficient (Wildman–Crippen LogP) is 6.31. The maximum absolute atomic E-state index is 15.1. The molecule has 0 unspecified atom stereocenters. The van der Waals surface area contributed by atoms with Crippen LogP contribution in [0.4, 0.5) is 4.39 Å². The zero-order chi connectivity index (χ0) is 23.4. The number of rotatable bonds is 4. The van der Waals surface area contributed by atoms with Gasteiger partial charge >= 0.3 is 0 Å². The first-order chi connectivity index (χ1) is 14.9. The van der Waals surface area contributed by atoms with Crippen LogP contribution in [0.2, 0.25) is 18.1 Å². The number of halogens is 1. The summed E-state index contributed by atoms with van der Waals surface area (Å²) in [6.45, 7) is 15.3. The van der Waals surface area contributed by atoms with Crippen molar-refractivity contribution in [3.8, 4) is 22.5 Å². The number of tetrazole rings is 1. The van der Waals surface area contributed by atoms with Gasteiger partial charge in [0.15, 0.2) is 8.32 Å². The summed E-state index contributed by atoms with van der Waals surface area (Å²) in [5.41, 5.74) is 7.29. The molecule has 170 valence electrons. The van der Waals surface area contributed by atoms with Gasteiger partial charge < -0.3 is 4.43 Å². The average molecular weight is 453 g/mol. The van der Waals surface area contributed by atoms with E-state index in [1.54, 1.807) is 13.1 Å². The van der Waals surface area contributed by atoms with Crippen LogP contribution in [-0.4, -0.2) is 28.5 Å². The largest absolute Gasteiger partial charge is 0.410 e. The fourth-order valence-corrected chi connectivity index (χ4v) is 5.78. The summed E-state index contributed by atoms with van der Waals surface area (Å²) >= 11 is 0. The highest BCUT2D eigenvalue weighted by Gasteiger charge is 2.42. The highest BCUT2D eigenvalue weighted by Crippen LogP contribution is 2.47. The molecule has 4 rings (SSSR count). The van der Waals surface area contributed by atoms with E-state index in [0.29, 0.717) is 5.82 Å². The Kier molecular flexibility index (Phi) is 5.62. The monoisotopic (exact) mass is 452 g/mol. The molecule has 0 spiro atoms. The minimum atomic E-state index is -2.01. The molecule has 1 atom stereocenters. The van der Waals surface area contributed by atoms with E-state index in [-0.39, 0.29) is 17.0 Å². The summed E-state index contributed by atoms with van der Waals surface area (Å²) in [7, 11) is -0.253. The molecule has 0 saturated carbocycles. The molecule has 32 heavy (non-hydrogen) atoms. The molecule has 1 heterocycles. The summed E-state index contributed by atoms with van der Waals surface area (Å²) in [6, 6.07) is 7.72. The average Bonchev–Trinajstić information content (AvgIpc) is 3.29. The van der Waals surface area contributed by atoms with Gasteiger partial charge in [-0.15, -0.1) is 10.2 Å². The second-order valence-electron chi connectivity index (χ2n) is 10.5. The van der Waals surface area contributed by atoms with Crippen LogP contribution in [0.1, 0.15) is 55.5 Å². The van der Waals surface area contributed by atoms with E-state index in [4.69, 9.17) is 4.43 Å². The minimum absolute atomic E-state index is 0.0845. The van der Waals surface area contributed by atoms with E-state index >= 15 is 4.39 Å². The van der Waals surface area contributed by atoms with Crippen molar-refractivity contribution in [2.24, 2.45) is 7.05 Å². The van der Waals surface area contributed by atoms with Crippen LogP contribution in [0.25, 0.3) is 22.5 Å². The molecule has 0 bridgehead atoms. The molecule has 5 nitrogen and oxygen atoms in total. The van der Waals surface area contributed by atoms with E-state index < -0.39 is 8.32 Å². The van der Waals surface area contributed by atoms with Crippen molar-refractivity contribution in [3.05, 3.63) is 52.3 Å². The molecular formula is C25H33FN4OSi. The Bertz CT molecular complexity index is 1160. The van der Waals surface area contributed by atoms with Gasteiger partial charge in [-0.05, 0) is 96.1 Å². The summed E-state index contributed by atoms with van der Waals surface area (Å²) in [6.07, 6.45) is 1.48. The van der Waals surface area contributed by atoms with Gasteiger partial charge in [-0.3, -0.25) is 0 Å². The molecule has 2 aromatic carbocycles. The highest BCUT2D eigenvalue weighted by atomic mass is 28.4. The number of aromatic nitrogens is 4. The molecule has 1 aliphatic rings. The Balaban J connectivity index is 1.77. The molecule has 7 heteroatoms. The summed E-state index contributed by atoms with van der Waals surface area (Å²) < 4.78 is 21.8. The molecule has 1 aromatic heterocycles. The fraction of sp³-hybridized carbons (Fsp3) is 0.480. The number of nitrogens with zero attached hydrogens (tertiary/aromatic N) is 4. The lowest BCUT2D eigenvalue weighted by molar-refractivity contribution is 0.181. The first kappa shape index (κ1) is 22.8. The van der Waals surface area contributed by atoms with Crippen LogP contribution >= 0.6 is 0 Å². The van der Waals surface area contributed by atoms with Crippen LogP contribution in [-0.2, 0) is 17.9 Å². The van der Waals surface area contributed by atoms with E-state index in [0.717, 1.165) is 51.8 Å². The Morgan fingerprint density at radius 3 is 2.34 bits per heavy atom. The Labute approximate surface area is 191 Å². The van der Waals surface area contributed by atoms with Crippen molar-refractivity contribution < 1.29 is 8.82 Å². The van der Waals surface area contributed by atoms with Crippen molar-refractivity contribution in [3.63, 3.8) is 0 Å². The number of fused-ring (bicyclic) bond motifs is 1. The Morgan fingerprint density at radius 1 is 1.12 bits per heavy atom. The van der Waals surface area contributed by atoms with Gasteiger partial charge in [0.05, 0.1) is 13.2 Å². The zero-order valence-corrected chi connectivity index (χ0v) is 21.4. The van der Waals surface area contributed by atoms with Crippen molar-refractivity contribution in [1.82, 2.24) is 20.2 Å². The lowest BCUT2D eigenvalue weighted by Gasteiger charge is -2.38. The van der Waals surface area contributed by atoms with Crippen LogP contribution in [0.15, 0.2) is 24.3 Å². The topological polar surface area (TPSA) is 52.8 Å². The Hall–Kier alpha value is -2.38. The molecule has 0 fully saturated rings.